The van der Waals surface area contributed by atoms with E-state index in [1.807, 2.05) is 33.1 Å². The Balaban J connectivity index is 2.47. The van der Waals surface area contributed by atoms with Crippen LogP contribution in [0.1, 0.15) is 31.5 Å². The highest BCUT2D eigenvalue weighted by Gasteiger charge is 2.27. The van der Waals surface area contributed by atoms with Crippen LogP contribution in [0.2, 0.25) is 0 Å². The van der Waals surface area contributed by atoms with E-state index in [-0.39, 0.29) is 11.3 Å². The molecule has 1 aromatic rings. The van der Waals surface area contributed by atoms with Crippen molar-refractivity contribution in [2.24, 2.45) is 11.1 Å². The number of carbonyl (C=O) groups is 1. The summed E-state index contributed by atoms with van der Waals surface area (Å²) in [5.74, 6) is -0.125. The van der Waals surface area contributed by atoms with Crippen LogP contribution in [0, 0.1) is 12.3 Å². The number of rotatable bonds is 3. The van der Waals surface area contributed by atoms with Crippen molar-refractivity contribution in [1.82, 2.24) is 10.3 Å². The molecular weight excluding hydrogens is 222 g/mol. The summed E-state index contributed by atoms with van der Waals surface area (Å²) in [5.41, 5.74) is 6.60. The molecule has 0 aliphatic heterocycles. The molecule has 16 heavy (non-hydrogen) atoms. The molecular formula is C11H19N3OS. The third-order valence-electron chi connectivity index (χ3n) is 2.30. The van der Waals surface area contributed by atoms with Gasteiger partial charge in [-0.2, -0.15) is 0 Å². The number of aryl methyl sites for hydroxylation is 1. The van der Waals surface area contributed by atoms with E-state index in [1.54, 1.807) is 11.3 Å². The van der Waals surface area contributed by atoms with Crippen molar-refractivity contribution < 1.29 is 4.79 Å². The average Bonchev–Trinajstić information content (AvgIpc) is 2.58. The molecule has 0 fully saturated rings. The molecule has 1 aromatic heterocycles. The van der Waals surface area contributed by atoms with Gasteiger partial charge in [0.1, 0.15) is 5.01 Å². The van der Waals surface area contributed by atoms with Gasteiger partial charge in [0.15, 0.2) is 0 Å². The molecule has 0 saturated carbocycles. The molecule has 0 radical (unpaired) electrons. The number of carbonyl (C=O) groups excluding carboxylic acids is 1. The van der Waals surface area contributed by atoms with Gasteiger partial charge < -0.3 is 11.1 Å². The quantitative estimate of drug-likeness (QED) is 0.841. The van der Waals surface area contributed by atoms with Gasteiger partial charge in [-0.05, 0) is 12.3 Å². The molecule has 1 heterocycles. The zero-order valence-corrected chi connectivity index (χ0v) is 11.0. The molecule has 0 aromatic carbocycles. The van der Waals surface area contributed by atoms with Gasteiger partial charge in [0.05, 0.1) is 12.6 Å². The molecule has 1 amide bonds. The SMILES string of the molecule is Cc1csc(CNC(=O)[C@H](N)C(C)(C)C)n1. The first kappa shape index (κ1) is 13.1. The first-order valence-corrected chi connectivity index (χ1v) is 6.13. The Bertz CT molecular complexity index is 368. The first-order chi connectivity index (χ1) is 7.30. The molecule has 0 aliphatic carbocycles. The van der Waals surface area contributed by atoms with Gasteiger partial charge in [0.25, 0.3) is 0 Å². The Hall–Kier alpha value is -0.940. The highest BCUT2D eigenvalue weighted by atomic mass is 32.1. The molecule has 0 aliphatic rings. The summed E-state index contributed by atoms with van der Waals surface area (Å²) in [6.45, 7) is 8.24. The normalized spacial score (nSPS) is 13.6. The summed E-state index contributed by atoms with van der Waals surface area (Å²) in [4.78, 5) is 16.0. The van der Waals surface area contributed by atoms with Gasteiger partial charge in [-0.3, -0.25) is 4.79 Å². The zero-order valence-electron chi connectivity index (χ0n) is 10.2. The van der Waals surface area contributed by atoms with Crippen LogP contribution in [0.3, 0.4) is 0 Å². The number of amides is 1. The van der Waals surface area contributed by atoms with Crippen molar-refractivity contribution in [3.8, 4) is 0 Å². The molecule has 3 N–H and O–H groups in total. The Morgan fingerprint density at radius 3 is 2.69 bits per heavy atom. The number of hydrogen-bond acceptors (Lipinski definition) is 4. The minimum Gasteiger partial charge on any atom is -0.348 e. The van der Waals surface area contributed by atoms with Crippen molar-refractivity contribution in [2.45, 2.75) is 40.3 Å². The highest BCUT2D eigenvalue weighted by Crippen LogP contribution is 2.17. The molecule has 4 nitrogen and oxygen atoms in total. The maximum Gasteiger partial charge on any atom is 0.237 e. The molecule has 90 valence electrons. The fourth-order valence-corrected chi connectivity index (χ4v) is 1.86. The van der Waals surface area contributed by atoms with E-state index in [1.165, 1.54) is 0 Å². The van der Waals surface area contributed by atoms with Crippen LogP contribution in [-0.4, -0.2) is 16.9 Å². The van der Waals surface area contributed by atoms with E-state index in [9.17, 15) is 4.79 Å². The lowest BCUT2D eigenvalue weighted by atomic mass is 9.87. The standard InChI is InChI=1S/C11H19N3OS/c1-7-6-16-8(14-7)5-13-10(15)9(12)11(2,3)4/h6,9H,5,12H2,1-4H3,(H,13,15)/t9-/m0/s1. The summed E-state index contributed by atoms with van der Waals surface area (Å²) in [6, 6.07) is -0.492. The minimum atomic E-state index is -0.492. The van der Waals surface area contributed by atoms with E-state index < -0.39 is 6.04 Å². The van der Waals surface area contributed by atoms with Crippen LogP contribution in [0.15, 0.2) is 5.38 Å². The predicted molar refractivity (Wildman–Crippen MR) is 66.1 cm³/mol. The van der Waals surface area contributed by atoms with Crippen molar-refractivity contribution in [2.75, 3.05) is 0 Å². The summed E-state index contributed by atoms with van der Waals surface area (Å²) in [6.07, 6.45) is 0. The molecule has 0 unspecified atom stereocenters. The lowest BCUT2D eigenvalue weighted by Gasteiger charge is -2.25. The smallest absolute Gasteiger partial charge is 0.237 e. The van der Waals surface area contributed by atoms with E-state index in [4.69, 9.17) is 5.73 Å². The monoisotopic (exact) mass is 241 g/mol. The number of thiazole rings is 1. The van der Waals surface area contributed by atoms with Crippen LogP contribution < -0.4 is 11.1 Å². The van der Waals surface area contributed by atoms with Crippen LogP contribution in [0.25, 0.3) is 0 Å². The summed E-state index contributed by atoms with van der Waals surface area (Å²) >= 11 is 1.54. The summed E-state index contributed by atoms with van der Waals surface area (Å²) < 4.78 is 0. The first-order valence-electron chi connectivity index (χ1n) is 5.25. The number of hydrogen-bond donors (Lipinski definition) is 2. The third-order valence-corrected chi connectivity index (χ3v) is 3.26. The molecule has 0 spiro atoms. The average molecular weight is 241 g/mol. The maximum atomic E-state index is 11.7. The maximum absolute atomic E-state index is 11.7. The van der Waals surface area contributed by atoms with Gasteiger partial charge in [0, 0.05) is 11.1 Å². The highest BCUT2D eigenvalue weighted by molar-refractivity contribution is 7.09. The van der Waals surface area contributed by atoms with E-state index in [2.05, 4.69) is 10.3 Å². The fourth-order valence-electron chi connectivity index (χ4n) is 1.15. The Morgan fingerprint density at radius 1 is 1.62 bits per heavy atom. The number of aromatic nitrogens is 1. The van der Waals surface area contributed by atoms with Gasteiger partial charge in [-0.1, -0.05) is 20.8 Å². The largest absolute Gasteiger partial charge is 0.348 e. The van der Waals surface area contributed by atoms with Crippen LogP contribution in [0.5, 0.6) is 0 Å². The van der Waals surface area contributed by atoms with Crippen LogP contribution in [0.4, 0.5) is 0 Å². The number of nitrogens with one attached hydrogen (secondary N) is 1. The molecule has 5 heteroatoms. The second kappa shape index (κ2) is 4.93. The fraction of sp³-hybridized carbons (Fsp3) is 0.636. The lowest BCUT2D eigenvalue weighted by molar-refractivity contribution is -0.124. The van der Waals surface area contributed by atoms with E-state index in [0.29, 0.717) is 6.54 Å². The van der Waals surface area contributed by atoms with Gasteiger partial charge in [0.2, 0.25) is 5.91 Å². The molecule has 1 atom stereocenters. The summed E-state index contributed by atoms with van der Waals surface area (Å²) in [5, 5.41) is 5.68. The minimum absolute atomic E-state index is 0.125. The van der Waals surface area contributed by atoms with Gasteiger partial charge in [-0.15, -0.1) is 11.3 Å². The second-order valence-corrected chi connectivity index (χ2v) is 5.89. The second-order valence-electron chi connectivity index (χ2n) is 4.94. The van der Waals surface area contributed by atoms with Crippen molar-refractivity contribution in [3.05, 3.63) is 16.1 Å². The van der Waals surface area contributed by atoms with Crippen LogP contribution >= 0.6 is 11.3 Å². The van der Waals surface area contributed by atoms with Crippen LogP contribution in [-0.2, 0) is 11.3 Å². The van der Waals surface area contributed by atoms with Gasteiger partial charge >= 0.3 is 0 Å². The number of nitrogens with zero attached hydrogens (tertiary/aromatic N) is 1. The number of nitrogens with two attached hydrogens (primary N) is 1. The Morgan fingerprint density at radius 2 is 2.25 bits per heavy atom. The molecule has 0 bridgehead atoms. The van der Waals surface area contributed by atoms with Gasteiger partial charge in [-0.25, -0.2) is 4.98 Å². The zero-order chi connectivity index (χ0) is 12.3. The lowest BCUT2D eigenvalue weighted by Crippen LogP contribution is -2.48. The Kier molecular flexibility index (Phi) is 4.04. The van der Waals surface area contributed by atoms with Crippen molar-refractivity contribution in [3.63, 3.8) is 0 Å². The Labute approximate surface area is 100 Å². The van der Waals surface area contributed by atoms with E-state index in [0.717, 1.165) is 10.7 Å². The van der Waals surface area contributed by atoms with Crippen molar-refractivity contribution >= 4 is 17.2 Å². The third kappa shape index (κ3) is 3.57. The predicted octanol–water partition coefficient (Wildman–Crippen LogP) is 1.44. The van der Waals surface area contributed by atoms with Crippen molar-refractivity contribution in [1.29, 1.82) is 0 Å². The molecule has 1 rings (SSSR count). The molecule has 0 saturated heterocycles. The van der Waals surface area contributed by atoms with E-state index >= 15 is 0 Å². The topological polar surface area (TPSA) is 68.0 Å². The summed E-state index contributed by atoms with van der Waals surface area (Å²) in [7, 11) is 0.